The predicted octanol–water partition coefficient (Wildman–Crippen LogP) is 1.27. The normalized spacial score (nSPS) is 16.2. The average molecular weight is 325 g/mol. The van der Waals surface area contributed by atoms with Crippen LogP contribution in [0.25, 0.3) is 0 Å². The van der Waals surface area contributed by atoms with E-state index in [4.69, 9.17) is 0 Å². The summed E-state index contributed by atoms with van der Waals surface area (Å²) in [6.07, 6.45) is 4.87. The number of nitrogens with zero attached hydrogens (tertiary/aromatic N) is 1. The second-order valence-electron chi connectivity index (χ2n) is 5.61. The van der Waals surface area contributed by atoms with E-state index in [9.17, 15) is 13.2 Å². The number of likely N-dealkylation sites (tertiary alicyclic amines) is 1. The Hall–Kier alpha value is -1.60. The number of nitrogens with one attached hydrogen (secondary N) is 2. The Balaban J connectivity index is 1.79. The van der Waals surface area contributed by atoms with Crippen molar-refractivity contribution in [1.29, 1.82) is 0 Å². The van der Waals surface area contributed by atoms with Gasteiger partial charge in [0.15, 0.2) is 0 Å². The number of rotatable bonds is 6. The summed E-state index contributed by atoms with van der Waals surface area (Å²) in [6.45, 7) is 3.73. The molecule has 1 fully saturated rings. The van der Waals surface area contributed by atoms with Crippen LogP contribution in [0, 0.1) is 0 Å². The van der Waals surface area contributed by atoms with Crippen molar-refractivity contribution in [3.63, 3.8) is 0 Å². The molecule has 1 saturated heterocycles. The lowest BCUT2D eigenvalue weighted by atomic mass is 10.1. The predicted molar refractivity (Wildman–Crippen MR) is 87.5 cm³/mol. The number of amides is 1. The molecule has 122 valence electrons. The second kappa shape index (κ2) is 7.60. The van der Waals surface area contributed by atoms with Crippen LogP contribution in [-0.2, 0) is 10.0 Å². The minimum atomic E-state index is -3.29. The van der Waals surface area contributed by atoms with Gasteiger partial charge in [0.2, 0.25) is 10.0 Å². The molecule has 1 heterocycles. The van der Waals surface area contributed by atoms with Gasteiger partial charge in [-0.25, -0.2) is 8.42 Å². The molecule has 0 spiro atoms. The molecule has 1 aliphatic rings. The molecule has 1 amide bonds. The fourth-order valence-corrected chi connectivity index (χ4v) is 3.08. The number of sulfonamides is 1. The summed E-state index contributed by atoms with van der Waals surface area (Å²) < 4.78 is 24.6. The van der Waals surface area contributed by atoms with Gasteiger partial charge in [-0.1, -0.05) is 6.42 Å². The first kappa shape index (κ1) is 16.8. The zero-order valence-corrected chi connectivity index (χ0v) is 13.7. The summed E-state index contributed by atoms with van der Waals surface area (Å²) in [5.41, 5.74) is 0.977. The summed E-state index contributed by atoms with van der Waals surface area (Å²) in [4.78, 5) is 14.4. The molecular formula is C15H23N3O3S. The molecule has 1 aromatic carbocycles. The van der Waals surface area contributed by atoms with Crippen molar-refractivity contribution in [3.05, 3.63) is 29.8 Å². The van der Waals surface area contributed by atoms with Crippen LogP contribution < -0.4 is 10.0 Å². The van der Waals surface area contributed by atoms with Crippen LogP contribution in [0.1, 0.15) is 29.6 Å². The molecule has 0 unspecified atom stereocenters. The van der Waals surface area contributed by atoms with Crippen molar-refractivity contribution < 1.29 is 13.2 Å². The molecule has 0 aromatic heterocycles. The highest BCUT2D eigenvalue weighted by atomic mass is 32.2. The van der Waals surface area contributed by atoms with Gasteiger partial charge in [0.25, 0.3) is 5.91 Å². The van der Waals surface area contributed by atoms with E-state index >= 15 is 0 Å². The zero-order valence-electron chi connectivity index (χ0n) is 12.8. The zero-order chi connectivity index (χ0) is 16.0. The minimum absolute atomic E-state index is 0.136. The third-order valence-electron chi connectivity index (χ3n) is 3.61. The standard InChI is InChI=1S/C15H23N3O3S/c1-22(20,21)17-14-7-5-13(6-8-14)15(19)16-9-12-18-10-3-2-4-11-18/h5-8,17H,2-4,9-12H2,1H3,(H,16,19). The summed E-state index contributed by atoms with van der Waals surface area (Å²) >= 11 is 0. The Labute approximate surface area is 131 Å². The number of hydrogen-bond donors (Lipinski definition) is 2. The van der Waals surface area contributed by atoms with E-state index in [1.807, 2.05) is 0 Å². The number of anilines is 1. The fourth-order valence-electron chi connectivity index (χ4n) is 2.52. The Kier molecular flexibility index (Phi) is 5.79. The summed E-state index contributed by atoms with van der Waals surface area (Å²) in [5, 5.41) is 2.89. The molecular weight excluding hydrogens is 302 g/mol. The molecule has 2 N–H and O–H groups in total. The molecule has 6 nitrogen and oxygen atoms in total. The number of benzene rings is 1. The minimum Gasteiger partial charge on any atom is -0.351 e. The van der Waals surface area contributed by atoms with Gasteiger partial charge in [0.05, 0.1) is 6.26 Å². The number of hydrogen-bond acceptors (Lipinski definition) is 4. The van der Waals surface area contributed by atoms with Crippen LogP contribution in [0.3, 0.4) is 0 Å². The molecule has 0 aliphatic carbocycles. The third kappa shape index (κ3) is 5.65. The number of piperidine rings is 1. The van der Waals surface area contributed by atoms with E-state index in [-0.39, 0.29) is 5.91 Å². The molecule has 7 heteroatoms. The monoisotopic (exact) mass is 325 g/mol. The van der Waals surface area contributed by atoms with Crippen LogP contribution in [-0.4, -0.2) is 51.7 Å². The van der Waals surface area contributed by atoms with Gasteiger partial charge in [0, 0.05) is 24.3 Å². The van der Waals surface area contributed by atoms with Crippen molar-refractivity contribution in [3.8, 4) is 0 Å². The van der Waals surface area contributed by atoms with Crippen molar-refractivity contribution in [2.24, 2.45) is 0 Å². The van der Waals surface area contributed by atoms with Gasteiger partial charge in [-0.2, -0.15) is 0 Å². The highest BCUT2D eigenvalue weighted by Crippen LogP contribution is 2.11. The first-order valence-corrected chi connectivity index (χ1v) is 9.41. The maximum atomic E-state index is 12.0. The highest BCUT2D eigenvalue weighted by Gasteiger charge is 2.11. The average Bonchev–Trinajstić information content (AvgIpc) is 2.47. The number of carbonyl (C=O) groups is 1. The lowest BCUT2D eigenvalue weighted by Gasteiger charge is -2.26. The van der Waals surface area contributed by atoms with E-state index in [0.29, 0.717) is 17.8 Å². The molecule has 1 aromatic rings. The molecule has 0 atom stereocenters. The van der Waals surface area contributed by atoms with Gasteiger partial charge in [-0.15, -0.1) is 0 Å². The third-order valence-corrected chi connectivity index (χ3v) is 4.22. The van der Waals surface area contributed by atoms with Crippen LogP contribution in [0.2, 0.25) is 0 Å². The number of carbonyl (C=O) groups excluding carboxylic acids is 1. The molecule has 0 radical (unpaired) electrons. The maximum Gasteiger partial charge on any atom is 0.251 e. The van der Waals surface area contributed by atoms with Gasteiger partial charge in [0.1, 0.15) is 0 Å². The van der Waals surface area contributed by atoms with Crippen molar-refractivity contribution in [2.45, 2.75) is 19.3 Å². The van der Waals surface area contributed by atoms with Crippen molar-refractivity contribution in [2.75, 3.05) is 37.2 Å². The van der Waals surface area contributed by atoms with Gasteiger partial charge in [-0.05, 0) is 50.2 Å². The topological polar surface area (TPSA) is 78.5 Å². The Morgan fingerprint density at radius 1 is 1.14 bits per heavy atom. The maximum absolute atomic E-state index is 12.0. The van der Waals surface area contributed by atoms with E-state index in [1.54, 1.807) is 24.3 Å². The molecule has 22 heavy (non-hydrogen) atoms. The van der Waals surface area contributed by atoms with Crippen LogP contribution in [0.4, 0.5) is 5.69 Å². The Morgan fingerprint density at radius 2 is 1.77 bits per heavy atom. The van der Waals surface area contributed by atoms with E-state index in [0.717, 1.165) is 25.9 Å². The Morgan fingerprint density at radius 3 is 2.36 bits per heavy atom. The molecule has 0 bridgehead atoms. The molecule has 1 aliphatic heterocycles. The lowest BCUT2D eigenvalue weighted by Crippen LogP contribution is -2.37. The highest BCUT2D eigenvalue weighted by molar-refractivity contribution is 7.92. The van der Waals surface area contributed by atoms with Gasteiger partial charge < -0.3 is 10.2 Å². The molecule has 2 rings (SSSR count). The smallest absolute Gasteiger partial charge is 0.251 e. The first-order valence-electron chi connectivity index (χ1n) is 7.52. The molecule has 0 saturated carbocycles. The van der Waals surface area contributed by atoms with E-state index in [1.165, 1.54) is 19.3 Å². The summed E-state index contributed by atoms with van der Waals surface area (Å²) in [6, 6.07) is 6.40. The fraction of sp³-hybridized carbons (Fsp3) is 0.533. The second-order valence-corrected chi connectivity index (χ2v) is 7.36. The van der Waals surface area contributed by atoms with Crippen molar-refractivity contribution in [1.82, 2.24) is 10.2 Å². The van der Waals surface area contributed by atoms with Crippen LogP contribution in [0.15, 0.2) is 24.3 Å². The first-order chi connectivity index (χ1) is 10.4. The summed E-state index contributed by atoms with van der Waals surface area (Å²) in [7, 11) is -3.29. The Bertz CT molecular complexity index is 593. The van der Waals surface area contributed by atoms with Gasteiger partial charge in [-0.3, -0.25) is 9.52 Å². The largest absolute Gasteiger partial charge is 0.351 e. The van der Waals surface area contributed by atoms with Crippen LogP contribution >= 0.6 is 0 Å². The lowest BCUT2D eigenvalue weighted by molar-refractivity contribution is 0.0946. The summed E-state index contributed by atoms with van der Waals surface area (Å²) in [5.74, 6) is -0.136. The van der Waals surface area contributed by atoms with E-state index < -0.39 is 10.0 Å². The quantitative estimate of drug-likeness (QED) is 0.826. The van der Waals surface area contributed by atoms with Crippen molar-refractivity contribution >= 4 is 21.6 Å². The van der Waals surface area contributed by atoms with E-state index in [2.05, 4.69) is 14.9 Å². The SMILES string of the molecule is CS(=O)(=O)Nc1ccc(C(=O)NCCN2CCCCC2)cc1. The van der Waals surface area contributed by atoms with Crippen LogP contribution in [0.5, 0.6) is 0 Å². The van der Waals surface area contributed by atoms with Gasteiger partial charge >= 0.3 is 0 Å².